The fourth-order valence-corrected chi connectivity index (χ4v) is 4.62. The maximum Gasteiger partial charge on any atom is 0.262 e. The van der Waals surface area contributed by atoms with Crippen LogP contribution in [0.15, 0.2) is 78.0 Å². The third-order valence-electron chi connectivity index (χ3n) is 6.09. The smallest absolute Gasteiger partial charge is 0.262 e. The number of hydrogen-bond acceptors (Lipinski definition) is 4. The lowest BCUT2D eigenvalue weighted by atomic mass is 10.0. The quantitative estimate of drug-likeness (QED) is 0.217. The first kappa shape index (κ1) is 26.9. The topological polar surface area (TPSA) is 99.3 Å². The number of nitrogens with one attached hydrogen (secondary N) is 2. The molecule has 192 valence electrons. The minimum Gasteiger partial charge on any atom is -0.342 e. The van der Waals surface area contributed by atoms with E-state index in [0.717, 1.165) is 22.0 Å². The Kier molecular flexibility index (Phi) is 8.47. The summed E-state index contributed by atoms with van der Waals surface area (Å²) in [5, 5.41) is 17.9. The Morgan fingerprint density at radius 1 is 1.08 bits per heavy atom. The number of rotatable bonds is 8. The monoisotopic (exact) mass is 545 g/mol. The molecule has 0 aliphatic carbocycles. The average Bonchev–Trinajstić information content (AvgIpc) is 3.24. The van der Waals surface area contributed by atoms with Crippen LogP contribution in [-0.2, 0) is 11.3 Å². The van der Waals surface area contributed by atoms with Crippen LogP contribution in [0.3, 0.4) is 0 Å². The molecule has 1 heterocycles. The van der Waals surface area contributed by atoms with E-state index in [1.165, 1.54) is 12.1 Å². The molecule has 0 fully saturated rings. The van der Waals surface area contributed by atoms with Crippen LogP contribution in [0.1, 0.15) is 40.9 Å². The molecule has 3 aromatic carbocycles. The molecular formula is C29H25Cl2N5O2. The molecule has 0 saturated carbocycles. The highest BCUT2D eigenvalue weighted by molar-refractivity contribution is 6.36. The zero-order valence-corrected chi connectivity index (χ0v) is 22.3. The van der Waals surface area contributed by atoms with E-state index in [1.807, 2.05) is 67.1 Å². The standard InChI is InChI=1S/C29H25Cl2N5O2/c1-18(2)27(34-28(37)24-12-11-22(30)13-25(24)31)29(38)35-33-15-21-17-36(26-10-6-5-9-23(21)26)16-20-8-4-3-7-19(20)14-32/h3-13,15,17-18,27H,16H2,1-2H3,(H,34,37)(H,35,38). The molecule has 9 heteroatoms. The minimum absolute atomic E-state index is 0.199. The Bertz CT molecular complexity index is 1570. The van der Waals surface area contributed by atoms with Crippen molar-refractivity contribution in [2.45, 2.75) is 26.4 Å². The summed E-state index contributed by atoms with van der Waals surface area (Å²) in [7, 11) is 0. The summed E-state index contributed by atoms with van der Waals surface area (Å²) in [5.41, 5.74) is 6.07. The maximum atomic E-state index is 12.9. The molecule has 4 rings (SSSR count). The van der Waals surface area contributed by atoms with Crippen molar-refractivity contribution in [1.82, 2.24) is 15.3 Å². The van der Waals surface area contributed by atoms with Crippen molar-refractivity contribution in [3.63, 3.8) is 0 Å². The first-order valence-corrected chi connectivity index (χ1v) is 12.7. The number of amides is 2. The Morgan fingerprint density at radius 2 is 1.82 bits per heavy atom. The van der Waals surface area contributed by atoms with Crippen molar-refractivity contribution < 1.29 is 9.59 Å². The molecule has 0 saturated heterocycles. The van der Waals surface area contributed by atoms with Crippen LogP contribution in [0.5, 0.6) is 0 Å². The fraction of sp³-hybridized carbons (Fsp3) is 0.172. The highest BCUT2D eigenvalue weighted by Gasteiger charge is 2.25. The number of hydrazone groups is 1. The van der Waals surface area contributed by atoms with Gasteiger partial charge in [-0.05, 0) is 41.8 Å². The molecule has 1 atom stereocenters. The molecule has 38 heavy (non-hydrogen) atoms. The SMILES string of the molecule is CC(C)C(NC(=O)c1ccc(Cl)cc1Cl)C(=O)NN=Cc1cn(Cc2ccccc2C#N)c2ccccc12. The van der Waals surface area contributed by atoms with E-state index < -0.39 is 17.9 Å². The number of benzene rings is 3. The molecule has 2 N–H and O–H groups in total. The van der Waals surface area contributed by atoms with Crippen LogP contribution in [0.25, 0.3) is 10.9 Å². The first-order chi connectivity index (χ1) is 18.3. The van der Waals surface area contributed by atoms with E-state index in [2.05, 4.69) is 21.9 Å². The van der Waals surface area contributed by atoms with Crippen molar-refractivity contribution in [1.29, 1.82) is 5.26 Å². The van der Waals surface area contributed by atoms with Gasteiger partial charge in [-0.1, -0.05) is 73.4 Å². The molecule has 0 bridgehead atoms. The summed E-state index contributed by atoms with van der Waals surface area (Å²) < 4.78 is 2.04. The Balaban J connectivity index is 1.51. The van der Waals surface area contributed by atoms with E-state index in [0.29, 0.717) is 17.1 Å². The predicted molar refractivity (Wildman–Crippen MR) is 150 cm³/mol. The Labute approximate surface area is 230 Å². The van der Waals surface area contributed by atoms with Crippen LogP contribution in [0.2, 0.25) is 10.0 Å². The van der Waals surface area contributed by atoms with Crippen molar-refractivity contribution in [3.8, 4) is 6.07 Å². The molecule has 0 aliphatic heterocycles. The second kappa shape index (κ2) is 12.0. The van der Waals surface area contributed by atoms with Gasteiger partial charge in [0, 0.05) is 34.2 Å². The Hall–Kier alpha value is -4.12. The van der Waals surface area contributed by atoms with Crippen LogP contribution >= 0.6 is 23.2 Å². The number of nitriles is 1. The molecule has 1 aromatic heterocycles. The molecule has 2 amide bonds. The van der Waals surface area contributed by atoms with Crippen molar-refractivity contribution in [2.24, 2.45) is 11.0 Å². The lowest BCUT2D eigenvalue weighted by molar-refractivity contribution is -0.123. The highest BCUT2D eigenvalue weighted by atomic mass is 35.5. The minimum atomic E-state index is -0.838. The largest absolute Gasteiger partial charge is 0.342 e. The van der Waals surface area contributed by atoms with Crippen LogP contribution in [-0.4, -0.2) is 28.6 Å². The van der Waals surface area contributed by atoms with Crippen LogP contribution in [0, 0.1) is 17.2 Å². The van der Waals surface area contributed by atoms with Crippen molar-refractivity contribution in [2.75, 3.05) is 0 Å². The number of para-hydroxylation sites is 1. The number of carbonyl (C=O) groups excluding carboxylic acids is 2. The van der Waals surface area contributed by atoms with Gasteiger partial charge < -0.3 is 9.88 Å². The van der Waals surface area contributed by atoms with Gasteiger partial charge in [-0.15, -0.1) is 0 Å². The summed E-state index contributed by atoms with van der Waals surface area (Å²) in [6.45, 7) is 4.16. The third kappa shape index (κ3) is 6.05. The number of carbonyl (C=O) groups is 2. The lowest BCUT2D eigenvalue weighted by Crippen LogP contribution is -2.48. The zero-order chi connectivity index (χ0) is 27.2. The predicted octanol–water partition coefficient (Wildman–Crippen LogP) is 5.77. The zero-order valence-electron chi connectivity index (χ0n) is 20.8. The van der Waals surface area contributed by atoms with Gasteiger partial charge in [0.2, 0.25) is 0 Å². The van der Waals surface area contributed by atoms with Crippen molar-refractivity contribution >= 4 is 52.1 Å². The normalized spacial score (nSPS) is 12.0. The van der Waals surface area contributed by atoms with Gasteiger partial charge in [0.15, 0.2) is 0 Å². The van der Waals surface area contributed by atoms with Gasteiger partial charge in [0.05, 0.1) is 28.4 Å². The summed E-state index contributed by atoms with van der Waals surface area (Å²) in [5.74, 6) is -1.14. The van der Waals surface area contributed by atoms with Gasteiger partial charge in [-0.25, -0.2) is 5.43 Å². The van der Waals surface area contributed by atoms with Crippen LogP contribution < -0.4 is 10.7 Å². The third-order valence-corrected chi connectivity index (χ3v) is 6.64. The van der Waals surface area contributed by atoms with Crippen LogP contribution in [0.4, 0.5) is 0 Å². The van der Waals surface area contributed by atoms with Crippen molar-refractivity contribution in [3.05, 3.63) is 105 Å². The van der Waals surface area contributed by atoms with E-state index in [4.69, 9.17) is 23.2 Å². The van der Waals surface area contributed by atoms with Gasteiger partial charge >= 0.3 is 0 Å². The van der Waals surface area contributed by atoms with Gasteiger partial charge in [0.1, 0.15) is 6.04 Å². The molecular weight excluding hydrogens is 521 g/mol. The number of aromatic nitrogens is 1. The summed E-state index contributed by atoms with van der Waals surface area (Å²) >= 11 is 12.1. The number of fused-ring (bicyclic) bond motifs is 1. The highest BCUT2D eigenvalue weighted by Crippen LogP contribution is 2.23. The number of halogens is 2. The summed E-state index contributed by atoms with van der Waals surface area (Å²) in [4.78, 5) is 25.7. The molecule has 4 aromatic rings. The van der Waals surface area contributed by atoms with E-state index in [-0.39, 0.29) is 16.5 Å². The molecule has 0 radical (unpaired) electrons. The second-order valence-electron chi connectivity index (χ2n) is 9.05. The second-order valence-corrected chi connectivity index (χ2v) is 9.90. The van der Waals surface area contributed by atoms with Gasteiger partial charge in [0.25, 0.3) is 11.8 Å². The number of nitrogens with zero attached hydrogens (tertiary/aromatic N) is 3. The average molecular weight is 546 g/mol. The molecule has 1 unspecified atom stereocenters. The fourth-order valence-electron chi connectivity index (χ4n) is 4.12. The first-order valence-electron chi connectivity index (χ1n) is 11.9. The van der Waals surface area contributed by atoms with Gasteiger partial charge in [-0.3, -0.25) is 9.59 Å². The van der Waals surface area contributed by atoms with Gasteiger partial charge in [-0.2, -0.15) is 10.4 Å². The summed E-state index contributed by atoms with van der Waals surface area (Å²) in [6.07, 6.45) is 3.50. The van der Waals surface area contributed by atoms with E-state index in [9.17, 15) is 14.9 Å². The van der Waals surface area contributed by atoms with E-state index in [1.54, 1.807) is 18.3 Å². The molecule has 7 nitrogen and oxygen atoms in total. The molecule has 0 spiro atoms. The van der Waals surface area contributed by atoms with E-state index >= 15 is 0 Å². The maximum absolute atomic E-state index is 12.9. The summed E-state index contributed by atoms with van der Waals surface area (Å²) in [6, 6.07) is 21.3. The lowest BCUT2D eigenvalue weighted by Gasteiger charge is -2.20. The Morgan fingerprint density at radius 3 is 2.55 bits per heavy atom. The number of hydrogen-bond donors (Lipinski definition) is 2. The molecule has 0 aliphatic rings.